The number of rotatable bonds is 5. The van der Waals surface area contributed by atoms with Crippen LogP contribution in [0, 0.1) is 18.3 Å². The van der Waals surface area contributed by atoms with Crippen molar-refractivity contribution in [3.8, 4) is 6.07 Å². The van der Waals surface area contributed by atoms with E-state index in [1.807, 2.05) is 6.07 Å². The maximum atomic E-state index is 11.1. The summed E-state index contributed by atoms with van der Waals surface area (Å²) in [5, 5.41) is 25.6. The van der Waals surface area contributed by atoms with Crippen molar-refractivity contribution in [1.29, 1.82) is 5.26 Å². The van der Waals surface area contributed by atoms with Gasteiger partial charge in [0.25, 0.3) is 0 Å². The first-order valence-corrected chi connectivity index (χ1v) is 6.53. The number of nitrogens with one attached hydrogen (secondary N) is 1. The fourth-order valence-corrected chi connectivity index (χ4v) is 2.26. The van der Waals surface area contributed by atoms with Gasteiger partial charge in [0.1, 0.15) is 17.5 Å². The van der Waals surface area contributed by atoms with Crippen LogP contribution in [0.1, 0.15) is 27.2 Å². The number of anilines is 1. The molecule has 2 aromatic rings. The molecule has 0 unspecified atom stereocenters. The fraction of sp³-hybridized carbons (Fsp3) is 0.267. The van der Waals surface area contributed by atoms with Crippen LogP contribution in [0.5, 0.6) is 0 Å². The van der Waals surface area contributed by atoms with E-state index in [0.29, 0.717) is 35.6 Å². The Morgan fingerprint density at radius 3 is 2.86 bits per heavy atom. The quantitative estimate of drug-likeness (QED) is 0.875. The average Bonchev–Trinajstić information content (AvgIpc) is 2.73. The SMILES string of the molecule is Cc1nn(C)c(NCCc2ccccc2C(=O)O)c1C#N. The van der Waals surface area contributed by atoms with Crippen molar-refractivity contribution < 1.29 is 9.90 Å². The topological polar surface area (TPSA) is 90.9 Å². The van der Waals surface area contributed by atoms with E-state index < -0.39 is 5.97 Å². The Kier molecular flexibility index (Phi) is 4.24. The second-order valence-corrected chi connectivity index (χ2v) is 4.68. The Morgan fingerprint density at radius 2 is 2.19 bits per heavy atom. The Hall–Kier alpha value is -2.81. The summed E-state index contributed by atoms with van der Waals surface area (Å²) < 4.78 is 1.62. The molecule has 2 rings (SSSR count). The minimum atomic E-state index is -0.931. The number of aromatic nitrogens is 2. The predicted molar refractivity (Wildman–Crippen MR) is 78.3 cm³/mol. The van der Waals surface area contributed by atoms with Gasteiger partial charge in [0.15, 0.2) is 0 Å². The van der Waals surface area contributed by atoms with Crippen molar-refractivity contribution in [2.24, 2.45) is 7.05 Å². The Bertz CT molecular complexity index is 713. The van der Waals surface area contributed by atoms with Gasteiger partial charge in [-0.25, -0.2) is 4.79 Å². The molecule has 0 radical (unpaired) electrons. The lowest BCUT2D eigenvalue weighted by Crippen LogP contribution is -2.12. The van der Waals surface area contributed by atoms with Gasteiger partial charge in [-0.15, -0.1) is 0 Å². The maximum absolute atomic E-state index is 11.1. The van der Waals surface area contributed by atoms with Crippen LogP contribution in [0.15, 0.2) is 24.3 Å². The zero-order chi connectivity index (χ0) is 15.4. The van der Waals surface area contributed by atoms with E-state index in [0.717, 1.165) is 5.56 Å². The highest BCUT2D eigenvalue weighted by molar-refractivity contribution is 5.89. The summed E-state index contributed by atoms with van der Waals surface area (Å²) in [5.41, 5.74) is 2.26. The van der Waals surface area contributed by atoms with E-state index in [1.54, 1.807) is 36.9 Å². The number of hydrogen-bond acceptors (Lipinski definition) is 4. The molecule has 0 saturated carbocycles. The monoisotopic (exact) mass is 284 g/mol. The van der Waals surface area contributed by atoms with Gasteiger partial charge in [-0.1, -0.05) is 18.2 Å². The van der Waals surface area contributed by atoms with Gasteiger partial charge in [0.05, 0.1) is 11.3 Å². The van der Waals surface area contributed by atoms with Crippen molar-refractivity contribution in [3.63, 3.8) is 0 Å². The lowest BCUT2D eigenvalue weighted by molar-refractivity contribution is 0.0695. The van der Waals surface area contributed by atoms with E-state index >= 15 is 0 Å². The number of nitriles is 1. The third kappa shape index (κ3) is 3.03. The molecule has 1 aromatic heterocycles. The number of nitrogens with zero attached hydrogens (tertiary/aromatic N) is 3. The third-order valence-corrected chi connectivity index (χ3v) is 3.27. The van der Waals surface area contributed by atoms with Crippen LogP contribution in [0.4, 0.5) is 5.82 Å². The summed E-state index contributed by atoms with van der Waals surface area (Å²) in [6.07, 6.45) is 0.553. The molecule has 0 amide bonds. The molecule has 0 aliphatic carbocycles. The Morgan fingerprint density at radius 1 is 1.48 bits per heavy atom. The molecule has 0 spiro atoms. The number of hydrogen-bond donors (Lipinski definition) is 2. The maximum Gasteiger partial charge on any atom is 0.335 e. The molecule has 0 aliphatic rings. The summed E-state index contributed by atoms with van der Waals surface area (Å²) >= 11 is 0. The van der Waals surface area contributed by atoms with E-state index in [-0.39, 0.29) is 0 Å². The van der Waals surface area contributed by atoms with Crippen LogP contribution in [0.25, 0.3) is 0 Å². The number of benzene rings is 1. The Balaban J connectivity index is 2.10. The van der Waals surface area contributed by atoms with Crippen LogP contribution < -0.4 is 5.32 Å². The number of carbonyl (C=O) groups is 1. The second-order valence-electron chi connectivity index (χ2n) is 4.68. The van der Waals surface area contributed by atoms with Crippen LogP contribution in [-0.2, 0) is 13.5 Å². The van der Waals surface area contributed by atoms with Crippen LogP contribution in [0.3, 0.4) is 0 Å². The number of aryl methyl sites for hydroxylation is 2. The van der Waals surface area contributed by atoms with Gasteiger partial charge in [-0.05, 0) is 25.0 Å². The first-order valence-electron chi connectivity index (χ1n) is 6.53. The highest BCUT2D eigenvalue weighted by Gasteiger charge is 2.13. The van der Waals surface area contributed by atoms with E-state index in [2.05, 4.69) is 16.5 Å². The first kappa shape index (κ1) is 14.6. The lowest BCUT2D eigenvalue weighted by Gasteiger charge is -2.09. The van der Waals surface area contributed by atoms with E-state index in [9.17, 15) is 4.79 Å². The van der Waals surface area contributed by atoms with Crippen LogP contribution in [0.2, 0.25) is 0 Å². The zero-order valence-electron chi connectivity index (χ0n) is 11.9. The second kappa shape index (κ2) is 6.09. The standard InChI is InChI=1S/C15H16N4O2/c1-10-13(9-16)14(19(2)18-10)17-8-7-11-5-3-4-6-12(11)15(20)21/h3-6,17H,7-8H2,1-2H3,(H,20,21). The normalized spacial score (nSPS) is 10.1. The number of carboxylic acids is 1. The summed E-state index contributed by atoms with van der Waals surface area (Å²) in [6.45, 7) is 2.31. The smallest absolute Gasteiger partial charge is 0.335 e. The van der Waals surface area contributed by atoms with E-state index in [1.165, 1.54) is 0 Å². The highest BCUT2D eigenvalue weighted by Crippen LogP contribution is 2.17. The summed E-state index contributed by atoms with van der Waals surface area (Å²) in [7, 11) is 1.77. The molecule has 21 heavy (non-hydrogen) atoms. The highest BCUT2D eigenvalue weighted by atomic mass is 16.4. The lowest BCUT2D eigenvalue weighted by atomic mass is 10.0. The molecule has 0 atom stereocenters. The summed E-state index contributed by atoms with van der Waals surface area (Å²) in [5.74, 6) is -0.275. The van der Waals surface area contributed by atoms with Gasteiger partial charge in [-0.3, -0.25) is 4.68 Å². The average molecular weight is 284 g/mol. The molecular formula is C15H16N4O2. The number of carboxylic acid groups (broad SMARTS) is 1. The molecule has 0 saturated heterocycles. The fourth-order valence-electron chi connectivity index (χ4n) is 2.26. The van der Waals surface area contributed by atoms with Gasteiger partial charge >= 0.3 is 5.97 Å². The van der Waals surface area contributed by atoms with Gasteiger partial charge < -0.3 is 10.4 Å². The third-order valence-electron chi connectivity index (χ3n) is 3.27. The minimum absolute atomic E-state index is 0.306. The predicted octanol–water partition coefficient (Wildman–Crippen LogP) is 1.95. The molecule has 1 heterocycles. The van der Waals surface area contributed by atoms with Gasteiger partial charge in [0.2, 0.25) is 0 Å². The van der Waals surface area contributed by atoms with Crippen LogP contribution in [-0.4, -0.2) is 27.4 Å². The largest absolute Gasteiger partial charge is 0.478 e. The molecule has 6 heteroatoms. The molecule has 108 valence electrons. The molecule has 0 fully saturated rings. The molecule has 0 aliphatic heterocycles. The van der Waals surface area contributed by atoms with Gasteiger partial charge in [0, 0.05) is 13.6 Å². The van der Waals surface area contributed by atoms with Crippen LogP contribution >= 0.6 is 0 Å². The molecule has 2 N–H and O–H groups in total. The molecule has 0 bridgehead atoms. The zero-order valence-corrected chi connectivity index (χ0v) is 11.9. The van der Waals surface area contributed by atoms with Crippen molar-refractivity contribution in [3.05, 3.63) is 46.6 Å². The van der Waals surface area contributed by atoms with E-state index in [4.69, 9.17) is 10.4 Å². The first-order chi connectivity index (χ1) is 10.0. The minimum Gasteiger partial charge on any atom is -0.478 e. The summed E-state index contributed by atoms with van der Waals surface area (Å²) in [4.78, 5) is 11.1. The summed E-state index contributed by atoms with van der Waals surface area (Å²) in [6, 6.07) is 9.03. The number of aromatic carboxylic acids is 1. The van der Waals surface area contributed by atoms with Gasteiger partial charge in [-0.2, -0.15) is 10.4 Å². The molecular weight excluding hydrogens is 268 g/mol. The van der Waals surface area contributed by atoms with Crippen molar-refractivity contribution in [2.45, 2.75) is 13.3 Å². The Labute approximate surface area is 122 Å². The molecule has 6 nitrogen and oxygen atoms in total. The molecule has 1 aromatic carbocycles. The van der Waals surface area contributed by atoms with Crippen molar-refractivity contribution in [2.75, 3.05) is 11.9 Å². The van der Waals surface area contributed by atoms with Crippen molar-refractivity contribution >= 4 is 11.8 Å². The van der Waals surface area contributed by atoms with Crippen molar-refractivity contribution in [1.82, 2.24) is 9.78 Å².